The van der Waals surface area contributed by atoms with E-state index >= 15 is 0 Å². The number of aryl methyl sites for hydroxylation is 2. The number of hydrogen-bond acceptors (Lipinski definition) is 12. The first kappa shape index (κ1) is 56.3. The molecule has 1 unspecified atom stereocenters. The van der Waals surface area contributed by atoms with Crippen molar-refractivity contribution >= 4 is 47.5 Å². The fourth-order valence-electron chi connectivity index (χ4n) is 9.11. The molecule has 0 saturated heterocycles. The monoisotopic (exact) mass is 1050 g/mol. The van der Waals surface area contributed by atoms with Crippen molar-refractivity contribution in [1.82, 2.24) is 25.2 Å². The first-order valence-electron chi connectivity index (χ1n) is 25.8. The van der Waals surface area contributed by atoms with E-state index < -0.39 is 6.72 Å². The maximum absolute atomic E-state index is 13.9. The molecule has 5 aromatic rings. The van der Waals surface area contributed by atoms with Crippen molar-refractivity contribution in [1.29, 1.82) is 0 Å². The number of unbranched alkanes of at least 4 members (excludes halogenated alkanes) is 3. The van der Waals surface area contributed by atoms with Gasteiger partial charge in [0, 0.05) is 51.2 Å². The van der Waals surface area contributed by atoms with Gasteiger partial charge in [0.15, 0.2) is 0 Å². The summed E-state index contributed by atoms with van der Waals surface area (Å²) in [6.45, 7) is 2.26. The maximum atomic E-state index is 13.9. The molecule has 2 heterocycles. The highest BCUT2D eigenvalue weighted by molar-refractivity contribution is 8.07. The van der Waals surface area contributed by atoms with Crippen molar-refractivity contribution in [3.8, 4) is 22.5 Å². The van der Waals surface area contributed by atoms with Gasteiger partial charge in [-0.3, -0.25) is 14.4 Å². The molecule has 4 aromatic carbocycles. The number of fused-ring (bicyclic) bond motifs is 7. The highest BCUT2D eigenvalue weighted by atomic mass is 32.5. The Hall–Kier alpha value is -5.46. The highest BCUT2D eigenvalue weighted by Crippen LogP contribution is 2.43. The van der Waals surface area contributed by atoms with E-state index in [0.29, 0.717) is 103 Å². The molecule has 2 N–H and O–H groups in total. The molecular weight excluding hydrogens is 980 g/mol. The van der Waals surface area contributed by atoms with Gasteiger partial charge in [0.05, 0.1) is 90.4 Å². The van der Waals surface area contributed by atoms with E-state index in [-0.39, 0.29) is 30.6 Å². The summed E-state index contributed by atoms with van der Waals surface area (Å²) in [4.78, 5) is 52.8. The molecule has 1 aliphatic heterocycles. The molecule has 3 amide bonds. The van der Waals surface area contributed by atoms with Crippen molar-refractivity contribution in [2.45, 2.75) is 77.3 Å². The first-order chi connectivity index (χ1) is 36.1. The Labute approximate surface area is 440 Å². The van der Waals surface area contributed by atoms with Crippen molar-refractivity contribution in [3.63, 3.8) is 0 Å². The zero-order chi connectivity index (χ0) is 52.0. The standard InChI is InChI=1S/C56H71N6O10PS/c1-60(31-15-23-49-46-19-8-5-16-43(46)25-26-44-17-6-9-20-47(44)49)53(64)29-34-68-36-38-70-40-41-71-39-37-69-35-32-62-56-48-21-10-7-18-45(48)42-61(51-24-12-11-22-50(51)55(56)58-59-62)54(65)28-27-52(63)57-30-13-3-4-14-33-72-73(66,74)67-2/h5-12,16-24H,3-4,13-15,25-42H2,1-2H3,(H,57,63)(H,66,74). The van der Waals surface area contributed by atoms with E-state index in [9.17, 15) is 19.3 Å². The predicted octanol–water partition coefficient (Wildman–Crippen LogP) is 8.33. The van der Waals surface area contributed by atoms with Crippen LogP contribution in [-0.2, 0) is 80.1 Å². The van der Waals surface area contributed by atoms with Gasteiger partial charge in [-0.05, 0) is 83.4 Å². The molecule has 2 aliphatic rings. The van der Waals surface area contributed by atoms with Crippen LogP contribution in [0.1, 0.15) is 79.2 Å². The Morgan fingerprint density at radius 1 is 0.703 bits per heavy atom. The van der Waals surface area contributed by atoms with E-state index in [1.165, 1.54) is 34.9 Å². The van der Waals surface area contributed by atoms with Crippen LogP contribution in [-0.4, -0.2) is 129 Å². The number of hydrogen-bond donors (Lipinski definition) is 2. The third-order valence-electron chi connectivity index (χ3n) is 13.1. The molecule has 74 heavy (non-hydrogen) atoms. The van der Waals surface area contributed by atoms with Crippen LogP contribution in [0.15, 0.2) is 103 Å². The number of nitrogens with zero attached hydrogens (tertiary/aromatic N) is 5. The zero-order valence-electron chi connectivity index (χ0n) is 42.8. The van der Waals surface area contributed by atoms with Crippen molar-refractivity contribution in [2.24, 2.45) is 0 Å². The molecule has 0 fully saturated rings. The van der Waals surface area contributed by atoms with Crippen LogP contribution in [0, 0.1) is 0 Å². The first-order valence-corrected chi connectivity index (χ1v) is 28.4. The van der Waals surface area contributed by atoms with Gasteiger partial charge in [0.25, 0.3) is 0 Å². The van der Waals surface area contributed by atoms with E-state index in [0.717, 1.165) is 67.3 Å². The van der Waals surface area contributed by atoms with E-state index in [1.807, 2.05) is 60.3 Å². The lowest BCUT2D eigenvalue weighted by Gasteiger charge is -2.28. The van der Waals surface area contributed by atoms with E-state index in [2.05, 4.69) is 70.2 Å². The molecule has 0 radical (unpaired) electrons. The molecular formula is C56H71N6O10PS. The Bertz CT molecular complexity index is 2650. The second kappa shape index (κ2) is 29.6. The van der Waals surface area contributed by atoms with Crippen LogP contribution in [0.2, 0.25) is 0 Å². The summed E-state index contributed by atoms with van der Waals surface area (Å²) in [6.07, 6.45) is 8.77. The molecule has 0 saturated carbocycles. The van der Waals surface area contributed by atoms with Gasteiger partial charge in [0.2, 0.25) is 17.7 Å². The predicted molar refractivity (Wildman–Crippen MR) is 290 cm³/mol. The number of amides is 3. The van der Waals surface area contributed by atoms with Crippen molar-refractivity contribution in [2.75, 3.05) is 91.6 Å². The minimum Gasteiger partial charge on any atom is -0.379 e. The third kappa shape index (κ3) is 16.5. The van der Waals surface area contributed by atoms with Crippen LogP contribution in [0.5, 0.6) is 0 Å². The topological polar surface area (TPSA) is 176 Å². The maximum Gasteiger partial charge on any atom is 0.324 e. The molecule has 1 aromatic heterocycles. The Morgan fingerprint density at radius 3 is 1.96 bits per heavy atom. The number of carbonyl (C=O) groups is 3. The lowest BCUT2D eigenvalue weighted by molar-refractivity contribution is -0.131. The average molecular weight is 1050 g/mol. The number of aromatic nitrogens is 3. The highest BCUT2D eigenvalue weighted by Gasteiger charge is 2.29. The van der Waals surface area contributed by atoms with Crippen LogP contribution in [0.4, 0.5) is 5.69 Å². The summed E-state index contributed by atoms with van der Waals surface area (Å²) in [5.74, 6) is -0.285. The van der Waals surface area contributed by atoms with E-state index in [1.54, 1.807) is 9.80 Å². The SMILES string of the molecule is COP(O)(=S)OCCCCCCNC(=O)CCC(=O)N1Cc2ccccc2-c2c(nnn2CCOCCOCCOCCOCCC(=O)N(C)CCC=C2c3ccccc3CCc3ccccc32)-c2ccccc21. The summed E-state index contributed by atoms with van der Waals surface area (Å²) < 4.78 is 34.9. The minimum absolute atomic E-state index is 0.0470. The average Bonchev–Trinajstić information content (AvgIpc) is 3.76. The molecule has 0 spiro atoms. The Morgan fingerprint density at radius 2 is 1.28 bits per heavy atom. The fourth-order valence-corrected chi connectivity index (χ4v) is 9.79. The second-order valence-corrected chi connectivity index (χ2v) is 21.1. The molecule has 18 heteroatoms. The van der Waals surface area contributed by atoms with Crippen LogP contribution < -0.4 is 10.2 Å². The summed E-state index contributed by atoms with van der Waals surface area (Å²) in [5.41, 5.74) is 11.4. The Balaban J connectivity index is 0.762. The van der Waals surface area contributed by atoms with Gasteiger partial charge < -0.3 is 48.0 Å². The number of nitrogens with one attached hydrogen (secondary N) is 1. The molecule has 7 rings (SSSR count). The summed E-state index contributed by atoms with van der Waals surface area (Å²) in [6, 6.07) is 32.9. The smallest absolute Gasteiger partial charge is 0.324 e. The van der Waals surface area contributed by atoms with Crippen molar-refractivity contribution < 1.29 is 47.3 Å². The van der Waals surface area contributed by atoms with Gasteiger partial charge in [-0.2, -0.15) is 0 Å². The molecule has 1 atom stereocenters. The summed E-state index contributed by atoms with van der Waals surface area (Å²) in [5, 5.41) is 12.1. The zero-order valence-corrected chi connectivity index (χ0v) is 44.5. The van der Waals surface area contributed by atoms with Crippen LogP contribution in [0.3, 0.4) is 0 Å². The molecule has 16 nitrogen and oxygen atoms in total. The van der Waals surface area contributed by atoms with Gasteiger partial charge in [0.1, 0.15) is 5.69 Å². The normalized spacial score (nSPS) is 13.5. The number of carbonyl (C=O) groups excluding carboxylic acids is 3. The molecule has 0 bridgehead atoms. The Kier molecular flexibility index (Phi) is 22.5. The number of anilines is 1. The lowest BCUT2D eigenvalue weighted by Crippen LogP contribution is -2.33. The van der Waals surface area contributed by atoms with E-state index in [4.69, 9.17) is 39.8 Å². The largest absolute Gasteiger partial charge is 0.379 e. The fraction of sp³-hybridized carbons (Fsp3) is 0.446. The molecule has 1 aliphatic carbocycles. The minimum atomic E-state index is -3.13. The van der Waals surface area contributed by atoms with Gasteiger partial charge in [-0.25, -0.2) is 4.68 Å². The van der Waals surface area contributed by atoms with Gasteiger partial charge >= 0.3 is 6.72 Å². The quantitative estimate of drug-likeness (QED) is 0.0332. The number of rotatable bonds is 30. The van der Waals surface area contributed by atoms with Crippen molar-refractivity contribution in [3.05, 3.63) is 131 Å². The summed E-state index contributed by atoms with van der Waals surface area (Å²) >= 11 is 4.83. The third-order valence-corrected chi connectivity index (χ3v) is 14.8. The van der Waals surface area contributed by atoms with Gasteiger partial charge in [-0.15, -0.1) is 5.10 Å². The lowest BCUT2D eigenvalue weighted by atomic mass is 9.93. The van der Waals surface area contributed by atoms with Gasteiger partial charge in [-0.1, -0.05) is 115 Å². The molecule has 396 valence electrons. The van der Waals surface area contributed by atoms with Crippen LogP contribution >= 0.6 is 6.72 Å². The number of ether oxygens (including phenoxy) is 4. The number of para-hydroxylation sites is 1. The summed E-state index contributed by atoms with van der Waals surface area (Å²) in [7, 11) is 3.18. The second-order valence-electron chi connectivity index (χ2n) is 18.1. The number of benzene rings is 4. The van der Waals surface area contributed by atoms with Crippen LogP contribution in [0.25, 0.3) is 28.1 Å².